The van der Waals surface area contributed by atoms with E-state index in [4.69, 9.17) is 0 Å². The van der Waals surface area contributed by atoms with E-state index in [9.17, 15) is 18.0 Å². The zero-order chi connectivity index (χ0) is 22.6. The predicted molar refractivity (Wildman–Crippen MR) is 122 cm³/mol. The first-order valence-corrected chi connectivity index (χ1v) is 11.8. The Kier molecular flexibility index (Phi) is 6.97. The van der Waals surface area contributed by atoms with Gasteiger partial charge in [-0.3, -0.25) is 9.59 Å². The van der Waals surface area contributed by atoms with E-state index < -0.39 is 10.0 Å². The molecule has 1 aliphatic heterocycles. The lowest BCUT2D eigenvalue weighted by Gasteiger charge is -2.28. The molecule has 0 bridgehead atoms. The summed E-state index contributed by atoms with van der Waals surface area (Å²) in [5.74, 6) is -0.356. The number of para-hydroxylation sites is 2. The van der Waals surface area contributed by atoms with Crippen molar-refractivity contribution in [1.29, 1.82) is 0 Å². The summed E-state index contributed by atoms with van der Waals surface area (Å²) in [6.45, 7) is 6.14. The van der Waals surface area contributed by atoms with Crippen molar-refractivity contribution in [3.63, 3.8) is 0 Å². The summed E-state index contributed by atoms with van der Waals surface area (Å²) in [4.78, 5) is 27.0. The van der Waals surface area contributed by atoms with Gasteiger partial charge in [-0.05, 0) is 37.3 Å². The molecular weight excluding hydrogens is 416 g/mol. The van der Waals surface area contributed by atoms with Crippen molar-refractivity contribution in [2.24, 2.45) is 0 Å². The minimum Gasteiger partial charge on any atom is -0.376 e. The normalized spacial score (nSPS) is 16.5. The lowest BCUT2D eigenvalue weighted by molar-refractivity contribution is -0.118. The Labute approximate surface area is 183 Å². The van der Waals surface area contributed by atoms with Crippen LogP contribution in [0.25, 0.3) is 0 Å². The number of hydrogen-bond acceptors (Lipinski definition) is 5. The lowest BCUT2D eigenvalue weighted by atomic mass is 10.1. The molecule has 2 aromatic carbocycles. The number of fused-ring (bicyclic) bond motifs is 1. The molecule has 8 nitrogen and oxygen atoms in total. The standard InChI is InChI=1S/C22H28N4O4S/c1-4-25(5-2)31(29,30)18-10-8-9-17(14-18)23-15-22(28)26-16(3)13-21(27)24-19-11-6-7-12-20(19)26/h6-12,14,16,23H,4-5,13,15H2,1-3H3,(H,24,27)/t16-/m1/s1. The van der Waals surface area contributed by atoms with Crippen LogP contribution in [0, 0.1) is 0 Å². The van der Waals surface area contributed by atoms with Crippen molar-refractivity contribution in [2.75, 3.05) is 35.2 Å². The summed E-state index contributed by atoms with van der Waals surface area (Å²) in [5, 5.41) is 5.87. The van der Waals surface area contributed by atoms with Gasteiger partial charge in [0.25, 0.3) is 0 Å². The van der Waals surface area contributed by atoms with Crippen molar-refractivity contribution in [3.05, 3.63) is 48.5 Å². The second kappa shape index (κ2) is 9.49. The average molecular weight is 445 g/mol. The van der Waals surface area contributed by atoms with Crippen molar-refractivity contribution < 1.29 is 18.0 Å². The highest BCUT2D eigenvalue weighted by molar-refractivity contribution is 7.89. The molecule has 2 amide bonds. The van der Waals surface area contributed by atoms with E-state index in [1.807, 2.05) is 13.0 Å². The van der Waals surface area contributed by atoms with Crippen LogP contribution in [0.2, 0.25) is 0 Å². The van der Waals surface area contributed by atoms with Gasteiger partial charge in [0.1, 0.15) is 0 Å². The molecule has 0 fully saturated rings. The van der Waals surface area contributed by atoms with E-state index in [0.29, 0.717) is 30.2 Å². The van der Waals surface area contributed by atoms with Crippen LogP contribution in [0.15, 0.2) is 53.4 Å². The minimum absolute atomic E-state index is 0.0400. The molecule has 31 heavy (non-hydrogen) atoms. The molecule has 166 valence electrons. The highest BCUT2D eigenvalue weighted by Gasteiger charge is 2.29. The first-order chi connectivity index (χ1) is 14.8. The largest absolute Gasteiger partial charge is 0.376 e. The van der Waals surface area contributed by atoms with Gasteiger partial charge in [-0.25, -0.2) is 8.42 Å². The van der Waals surface area contributed by atoms with Gasteiger partial charge in [0, 0.05) is 31.2 Å². The van der Waals surface area contributed by atoms with Crippen LogP contribution in [0.1, 0.15) is 27.2 Å². The molecule has 1 atom stereocenters. The van der Waals surface area contributed by atoms with E-state index in [1.54, 1.807) is 55.1 Å². The number of nitrogens with zero attached hydrogens (tertiary/aromatic N) is 2. The maximum absolute atomic E-state index is 13.1. The molecule has 0 unspecified atom stereocenters. The first-order valence-electron chi connectivity index (χ1n) is 10.3. The average Bonchev–Trinajstić information content (AvgIpc) is 2.87. The number of carbonyl (C=O) groups excluding carboxylic acids is 2. The molecule has 0 saturated carbocycles. The van der Waals surface area contributed by atoms with Crippen LogP contribution in [-0.4, -0.2) is 50.2 Å². The number of sulfonamides is 1. The van der Waals surface area contributed by atoms with Gasteiger partial charge in [0.2, 0.25) is 21.8 Å². The molecule has 0 radical (unpaired) electrons. The number of amides is 2. The van der Waals surface area contributed by atoms with Crippen LogP contribution in [-0.2, 0) is 19.6 Å². The molecule has 0 aromatic heterocycles. The summed E-state index contributed by atoms with van der Waals surface area (Å²) in [5.41, 5.74) is 1.77. The van der Waals surface area contributed by atoms with Crippen LogP contribution in [0.5, 0.6) is 0 Å². The zero-order valence-corrected chi connectivity index (χ0v) is 18.8. The number of rotatable bonds is 7. The third kappa shape index (κ3) is 4.88. The van der Waals surface area contributed by atoms with Crippen LogP contribution < -0.4 is 15.5 Å². The van der Waals surface area contributed by atoms with Gasteiger partial charge in [0.05, 0.1) is 22.8 Å². The van der Waals surface area contributed by atoms with Crippen molar-refractivity contribution in [1.82, 2.24) is 4.31 Å². The minimum atomic E-state index is -3.59. The van der Waals surface area contributed by atoms with Gasteiger partial charge in [-0.1, -0.05) is 32.0 Å². The molecule has 0 saturated heterocycles. The number of hydrogen-bond donors (Lipinski definition) is 2. The molecule has 2 N–H and O–H groups in total. The van der Waals surface area contributed by atoms with E-state index in [1.165, 1.54) is 10.4 Å². The lowest BCUT2D eigenvalue weighted by Crippen LogP contribution is -2.42. The van der Waals surface area contributed by atoms with Gasteiger partial charge in [-0.15, -0.1) is 0 Å². The molecule has 3 rings (SSSR count). The monoisotopic (exact) mass is 444 g/mol. The molecule has 2 aromatic rings. The molecule has 0 aliphatic carbocycles. The molecule has 0 spiro atoms. The van der Waals surface area contributed by atoms with E-state index in [-0.39, 0.29) is 35.7 Å². The Balaban J connectivity index is 1.79. The summed E-state index contributed by atoms with van der Waals surface area (Å²) in [7, 11) is -3.59. The van der Waals surface area contributed by atoms with Crippen molar-refractivity contribution >= 4 is 38.9 Å². The second-order valence-corrected chi connectivity index (χ2v) is 9.29. The number of carbonyl (C=O) groups is 2. The maximum atomic E-state index is 13.1. The third-order valence-electron chi connectivity index (χ3n) is 5.25. The summed E-state index contributed by atoms with van der Waals surface area (Å²) in [6, 6.07) is 13.3. The predicted octanol–water partition coefficient (Wildman–Crippen LogP) is 2.89. The van der Waals surface area contributed by atoms with Crippen molar-refractivity contribution in [2.45, 2.75) is 38.1 Å². The second-order valence-electron chi connectivity index (χ2n) is 7.35. The number of anilines is 3. The van der Waals surface area contributed by atoms with Gasteiger partial charge in [-0.2, -0.15) is 4.31 Å². The Hall–Kier alpha value is -2.91. The Bertz CT molecular complexity index is 1070. The highest BCUT2D eigenvalue weighted by Crippen LogP contribution is 2.31. The van der Waals surface area contributed by atoms with Crippen LogP contribution in [0.3, 0.4) is 0 Å². The Morgan fingerprint density at radius 2 is 1.87 bits per heavy atom. The van der Waals surface area contributed by atoms with E-state index in [0.717, 1.165) is 0 Å². The topological polar surface area (TPSA) is 98.8 Å². The molecule has 9 heteroatoms. The highest BCUT2D eigenvalue weighted by atomic mass is 32.2. The number of nitrogens with one attached hydrogen (secondary N) is 2. The fraction of sp³-hybridized carbons (Fsp3) is 0.364. The molecule has 1 heterocycles. The maximum Gasteiger partial charge on any atom is 0.246 e. The van der Waals surface area contributed by atoms with Gasteiger partial charge >= 0.3 is 0 Å². The molecule has 1 aliphatic rings. The van der Waals surface area contributed by atoms with Crippen molar-refractivity contribution in [3.8, 4) is 0 Å². The van der Waals surface area contributed by atoms with Crippen LogP contribution in [0.4, 0.5) is 17.1 Å². The summed E-state index contributed by atoms with van der Waals surface area (Å²) >= 11 is 0. The Morgan fingerprint density at radius 1 is 1.16 bits per heavy atom. The zero-order valence-electron chi connectivity index (χ0n) is 18.0. The van der Waals surface area contributed by atoms with E-state index >= 15 is 0 Å². The number of benzene rings is 2. The van der Waals surface area contributed by atoms with Crippen LogP contribution >= 0.6 is 0 Å². The fourth-order valence-electron chi connectivity index (χ4n) is 3.71. The Morgan fingerprint density at radius 3 is 2.58 bits per heavy atom. The SMILES string of the molecule is CCN(CC)S(=O)(=O)c1cccc(NCC(=O)N2c3ccccc3NC(=O)C[C@H]2C)c1. The van der Waals surface area contributed by atoms with E-state index in [2.05, 4.69) is 10.6 Å². The van der Waals surface area contributed by atoms with Gasteiger partial charge < -0.3 is 15.5 Å². The summed E-state index contributed by atoms with van der Waals surface area (Å²) in [6.07, 6.45) is 0.192. The van der Waals surface area contributed by atoms with Gasteiger partial charge in [0.15, 0.2) is 0 Å². The third-order valence-corrected chi connectivity index (χ3v) is 7.29. The smallest absolute Gasteiger partial charge is 0.246 e. The first kappa shape index (κ1) is 22.8. The fourth-order valence-corrected chi connectivity index (χ4v) is 5.21. The molecular formula is C22H28N4O4S. The quantitative estimate of drug-likeness (QED) is 0.684. The summed E-state index contributed by atoms with van der Waals surface area (Å²) < 4.78 is 26.9.